The average Bonchev–Trinajstić information content (AvgIpc) is 3.12. The molecule has 1 fully saturated rings. The van der Waals surface area contributed by atoms with Gasteiger partial charge in [-0.3, -0.25) is 0 Å². The maximum Gasteiger partial charge on any atom is 0.353 e. The number of halogens is 3. The second kappa shape index (κ2) is 6.13. The van der Waals surface area contributed by atoms with Gasteiger partial charge in [0, 0.05) is 12.0 Å². The standard InChI is InChI=1S/C16H14BrF2N5O2/c17-11-12(9-4-2-1-3-5-9)21-14(20)24-13(11)22-23(15(24)25)8-10-16(18,19)6-7-26-10/h1-5,10H,6-8H2,(H2,20,21). The quantitative estimate of drug-likeness (QED) is 0.695. The lowest BCUT2D eigenvalue weighted by atomic mass is 10.1. The predicted octanol–water partition coefficient (Wildman–Crippen LogP) is 2.33. The van der Waals surface area contributed by atoms with Gasteiger partial charge in [0.2, 0.25) is 5.95 Å². The van der Waals surface area contributed by atoms with Crippen molar-refractivity contribution in [1.82, 2.24) is 19.2 Å². The average molecular weight is 426 g/mol. The van der Waals surface area contributed by atoms with E-state index in [0.717, 1.165) is 14.6 Å². The Morgan fingerprint density at radius 1 is 1.35 bits per heavy atom. The summed E-state index contributed by atoms with van der Waals surface area (Å²) >= 11 is 3.40. The monoisotopic (exact) mass is 425 g/mol. The molecule has 1 aliphatic rings. The first kappa shape index (κ1) is 17.1. The molecule has 7 nitrogen and oxygen atoms in total. The predicted molar refractivity (Wildman–Crippen MR) is 94.1 cm³/mol. The van der Waals surface area contributed by atoms with Crippen LogP contribution in [-0.4, -0.2) is 37.8 Å². The van der Waals surface area contributed by atoms with E-state index >= 15 is 0 Å². The number of aromatic nitrogens is 4. The molecular formula is C16H14BrF2N5O2. The second-order valence-corrected chi connectivity index (χ2v) is 6.79. The Hall–Kier alpha value is -2.33. The highest BCUT2D eigenvalue weighted by Crippen LogP contribution is 2.33. The zero-order chi connectivity index (χ0) is 18.5. The van der Waals surface area contributed by atoms with E-state index in [0.29, 0.717) is 10.2 Å². The van der Waals surface area contributed by atoms with Crippen molar-refractivity contribution in [2.45, 2.75) is 25.0 Å². The van der Waals surface area contributed by atoms with Gasteiger partial charge >= 0.3 is 5.69 Å². The zero-order valence-corrected chi connectivity index (χ0v) is 15.0. The minimum Gasteiger partial charge on any atom is -0.370 e. The summed E-state index contributed by atoms with van der Waals surface area (Å²) in [6, 6.07) is 9.22. The lowest BCUT2D eigenvalue weighted by Crippen LogP contribution is -2.36. The van der Waals surface area contributed by atoms with Crippen molar-refractivity contribution in [2.75, 3.05) is 12.3 Å². The zero-order valence-electron chi connectivity index (χ0n) is 13.4. The van der Waals surface area contributed by atoms with Crippen molar-refractivity contribution in [1.29, 1.82) is 0 Å². The van der Waals surface area contributed by atoms with Crippen LogP contribution in [0.4, 0.5) is 14.7 Å². The van der Waals surface area contributed by atoms with Gasteiger partial charge in [0.1, 0.15) is 6.10 Å². The van der Waals surface area contributed by atoms with Gasteiger partial charge in [-0.1, -0.05) is 30.3 Å². The van der Waals surface area contributed by atoms with Gasteiger partial charge in [0.25, 0.3) is 5.92 Å². The first-order chi connectivity index (χ1) is 12.4. The normalized spacial score (nSPS) is 19.3. The molecule has 0 bridgehead atoms. The molecule has 0 radical (unpaired) electrons. The molecule has 1 aliphatic heterocycles. The minimum absolute atomic E-state index is 0.0503. The summed E-state index contributed by atoms with van der Waals surface area (Å²) in [4.78, 5) is 16.8. The van der Waals surface area contributed by atoms with Crippen molar-refractivity contribution in [2.24, 2.45) is 0 Å². The maximum absolute atomic E-state index is 13.8. The topological polar surface area (TPSA) is 87.4 Å². The van der Waals surface area contributed by atoms with Crippen molar-refractivity contribution >= 4 is 27.5 Å². The van der Waals surface area contributed by atoms with Crippen LogP contribution in [-0.2, 0) is 11.3 Å². The van der Waals surface area contributed by atoms with E-state index in [-0.39, 0.29) is 31.2 Å². The fraction of sp³-hybridized carbons (Fsp3) is 0.312. The molecule has 136 valence electrons. The lowest BCUT2D eigenvalue weighted by Gasteiger charge is -2.16. The smallest absolute Gasteiger partial charge is 0.353 e. The number of nitrogens with two attached hydrogens (primary N) is 1. The Labute approximate surface area is 154 Å². The minimum atomic E-state index is -2.99. The van der Waals surface area contributed by atoms with Crippen LogP contribution in [0.25, 0.3) is 16.9 Å². The molecule has 0 spiro atoms. The largest absolute Gasteiger partial charge is 0.370 e. The van der Waals surface area contributed by atoms with Crippen molar-refractivity contribution in [3.05, 3.63) is 45.3 Å². The number of rotatable bonds is 3. The molecule has 2 N–H and O–H groups in total. The summed E-state index contributed by atoms with van der Waals surface area (Å²) in [5.74, 6) is -3.07. The summed E-state index contributed by atoms with van der Waals surface area (Å²) in [5.41, 5.74) is 6.79. The molecule has 4 rings (SSSR count). The number of benzene rings is 1. The first-order valence-electron chi connectivity index (χ1n) is 7.88. The molecule has 2 aromatic heterocycles. The van der Waals surface area contributed by atoms with E-state index in [1.165, 1.54) is 0 Å². The van der Waals surface area contributed by atoms with Gasteiger partial charge in [0.15, 0.2) is 5.65 Å². The maximum atomic E-state index is 13.8. The molecule has 0 amide bonds. The van der Waals surface area contributed by atoms with E-state index in [1.807, 2.05) is 30.3 Å². The molecular weight excluding hydrogens is 412 g/mol. The summed E-state index contributed by atoms with van der Waals surface area (Å²) in [7, 11) is 0. The number of nitrogen functional groups attached to an aromatic ring is 1. The number of ether oxygens (including phenoxy) is 1. The third kappa shape index (κ3) is 2.69. The Balaban J connectivity index is 1.83. The van der Waals surface area contributed by atoms with Gasteiger partial charge in [0.05, 0.1) is 23.3 Å². The number of hydrogen-bond donors (Lipinski definition) is 1. The molecule has 1 aromatic carbocycles. The molecule has 1 unspecified atom stereocenters. The van der Waals surface area contributed by atoms with Crippen LogP contribution in [0.3, 0.4) is 0 Å². The van der Waals surface area contributed by atoms with Crippen molar-refractivity contribution in [3.8, 4) is 11.3 Å². The molecule has 3 heterocycles. The van der Waals surface area contributed by atoms with Crippen molar-refractivity contribution < 1.29 is 13.5 Å². The number of fused-ring (bicyclic) bond motifs is 1. The van der Waals surface area contributed by atoms with E-state index in [1.54, 1.807) is 0 Å². The van der Waals surface area contributed by atoms with Crippen LogP contribution in [0.1, 0.15) is 6.42 Å². The molecule has 0 saturated carbocycles. The summed E-state index contributed by atoms with van der Waals surface area (Å²) in [5, 5.41) is 4.17. The molecule has 26 heavy (non-hydrogen) atoms. The third-order valence-electron chi connectivity index (χ3n) is 4.31. The molecule has 1 saturated heterocycles. The van der Waals surface area contributed by atoms with Gasteiger partial charge in [-0.2, -0.15) is 0 Å². The van der Waals surface area contributed by atoms with Gasteiger partial charge in [-0.15, -0.1) is 5.10 Å². The SMILES string of the molecule is Nc1nc(-c2ccccc2)c(Br)c2nn(CC3OCCC3(F)F)c(=O)n12. The second-order valence-electron chi connectivity index (χ2n) is 5.99. The van der Waals surface area contributed by atoms with Crippen LogP contribution >= 0.6 is 15.9 Å². The van der Waals surface area contributed by atoms with Crippen LogP contribution in [0, 0.1) is 0 Å². The number of hydrogen-bond acceptors (Lipinski definition) is 5. The Kier molecular flexibility index (Phi) is 4.03. The summed E-state index contributed by atoms with van der Waals surface area (Å²) in [6.07, 6.45) is -1.77. The van der Waals surface area contributed by atoms with Gasteiger partial charge in [-0.05, 0) is 15.9 Å². The highest BCUT2D eigenvalue weighted by molar-refractivity contribution is 9.10. The van der Waals surface area contributed by atoms with Crippen LogP contribution in [0.15, 0.2) is 39.6 Å². The number of anilines is 1. The molecule has 3 aromatic rings. The number of alkyl halides is 2. The van der Waals surface area contributed by atoms with Gasteiger partial charge < -0.3 is 10.5 Å². The summed E-state index contributed by atoms with van der Waals surface area (Å²) in [6.45, 7) is -0.411. The first-order valence-corrected chi connectivity index (χ1v) is 8.67. The molecule has 0 aliphatic carbocycles. The number of nitrogens with zero attached hydrogens (tertiary/aromatic N) is 4. The third-order valence-corrected chi connectivity index (χ3v) is 5.04. The Morgan fingerprint density at radius 2 is 2.08 bits per heavy atom. The van der Waals surface area contributed by atoms with Crippen LogP contribution in [0.2, 0.25) is 0 Å². The van der Waals surface area contributed by atoms with E-state index in [9.17, 15) is 13.6 Å². The van der Waals surface area contributed by atoms with Gasteiger partial charge in [-0.25, -0.2) is 27.6 Å². The fourth-order valence-electron chi connectivity index (χ4n) is 2.95. The molecule has 1 atom stereocenters. The Bertz CT molecular complexity index is 1030. The van der Waals surface area contributed by atoms with E-state index in [2.05, 4.69) is 26.0 Å². The van der Waals surface area contributed by atoms with E-state index in [4.69, 9.17) is 10.5 Å². The molecule has 10 heteroatoms. The lowest BCUT2D eigenvalue weighted by molar-refractivity contribution is -0.0760. The van der Waals surface area contributed by atoms with Crippen molar-refractivity contribution in [3.63, 3.8) is 0 Å². The summed E-state index contributed by atoms with van der Waals surface area (Å²) < 4.78 is 35.1. The van der Waals surface area contributed by atoms with Crippen LogP contribution < -0.4 is 11.4 Å². The van der Waals surface area contributed by atoms with E-state index < -0.39 is 17.7 Å². The highest BCUT2D eigenvalue weighted by Gasteiger charge is 2.45. The highest BCUT2D eigenvalue weighted by atomic mass is 79.9. The Morgan fingerprint density at radius 3 is 2.73 bits per heavy atom. The fourth-order valence-corrected chi connectivity index (χ4v) is 3.52. The van der Waals surface area contributed by atoms with Crippen LogP contribution in [0.5, 0.6) is 0 Å².